The lowest BCUT2D eigenvalue weighted by atomic mass is 9.73. The summed E-state index contributed by atoms with van der Waals surface area (Å²) < 4.78 is 13.3. The molecule has 0 spiro atoms. The predicted molar refractivity (Wildman–Crippen MR) is 91.7 cm³/mol. The highest BCUT2D eigenvalue weighted by Gasteiger charge is 2.43. The molecule has 1 aliphatic heterocycles. The van der Waals surface area contributed by atoms with Gasteiger partial charge >= 0.3 is 5.97 Å². The SMILES string of the molecule is O=C(O)C1CCC1C(=O)N1CCCN(C(=O)Cc2cccc(F)c2)CC1. The quantitative estimate of drug-likeness (QED) is 0.881. The van der Waals surface area contributed by atoms with Gasteiger partial charge in [-0.2, -0.15) is 0 Å². The number of carbonyl (C=O) groups excluding carboxylic acids is 2. The van der Waals surface area contributed by atoms with Gasteiger partial charge in [0.15, 0.2) is 0 Å². The van der Waals surface area contributed by atoms with E-state index in [0.717, 1.165) is 0 Å². The summed E-state index contributed by atoms with van der Waals surface area (Å²) >= 11 is 0. The molecule has 7 heteroatoms. The fourth-order valence-corrected chi connectivity index (χ4v) is 3.65. The molecule has 140 valence electrons. The van der Waals surface area contributed by atoms with Crippen LogP contribution in [-0.4, -0.2) is 58.9 Å². The first-order chi connectivity index (χ1) is 12.5. The number of carbonyl (C=O) groups is 3. The zero-order chi connectivity index (χ0) is 18.7. The maximum absolute atomic E-state index is 13.3. The normalized spacial score (nSPS) is 23.1. The van der Waals surface area contributed by atoms with Gasteiger partial charge in [0.1, 0.15) is 5.82 Å². The van der Waals surface area contributed by atoms with Crippen LogP contribution in [0.3, 0.4) is 0 Å². The second-order valence-electron chi connectivity index (χ2n) is 6.99. The molecule has 1 aromatic carbocycles. The Morgan fingerprint density at radius 3 is 2.38 bits per heavy atom. The Balaban J connectivity index is 1.55. The lowest BCUT2D eigenvalue weighted by molar-refractivity contribution is -0.156. The highest BCUT2D eigenvalue weighted by atomic mass is 19.1. The van der Waals surface area contributed by atoms with E-state index < -0.39 is 17.8 Å². The molecule has 0 aromatic heterocycles. The van der Waals surface area contributed by atoms with Gasteiger partial charge in [0.25, 0.3) is 0 Å². The third-order valence-electron chi connectivity index (χ3n) is 5.31. The lowest BCUT2D eigenvalue weighted by Gasteiger charge is -2.36. The summed E-state index contributed by atoms with van der Waals surface area (Å²) in [4.78, 5) is 39.6. The molecule has 1 aromatic rings. The van der Waals surface area contributed by atoms with Crippen LogP contribution >= 0.6 is 0 Å². The van der Waals surface area contributed by atoms with Crippen molar-refractivity contribution in [3.63, 3.8) is 0 Å². The van der Waals surface area contributed by atoms with Crippen molar-refractivity contribution in [1.29, 1.82) is 0 Å². The number of carboxylic acids is 1. The molecular weight excluding hydrogens is 339 g/mol. The fourth-order valence-electron chi connectivity index (χ4n) is 3.65. The summed E-state index contributed by atoms with van der Waals surface area (Å²) in [7, 11) is 0. The van der Waals surface area contributed by atoms with Gasteiger partial charge in [-0.1, -0.05) is 12.1 Å². The molecule has 0 radical (unpaired) electrons. The number of hydrogen-bond acceptors (Lipinski definition) is 3. The summed E-state index contributed by atoms with van der Waals surface area (Å²) in [5.41, 5.74) is 0.631. The van der Waals surface area contributed by atoms with Crippen LogP contribution < -0.4 is 0 Å². The molecule has 1 saturated carbocycles. The lowest BCUT2D eigenvalue weighted by Crippen LogP contribution is -2.47. The molecule has 2 unspecified atom stereocenters. The largest absolute Gasteiger partial charge is 0.481 e. The number of halogens is 1. The van der Waals surface area contributed by atoms with Crippen LogP contribution in [0.25, 0.3) is 0 Å². The van der Waals surface area contributed by atoms with Crippen molar-refractivity contribution in [3.8, 4) is 0 Å². The van der Waals surface area contributed by atoms with Crippen molar-refractivity contribution in [3.05, 3.63) is 35.6 Å². The van der Waals surface area contributed by atoms with E-state index in [1.54, 1.807) is 21.9 Å². The number of carboxylic acid groups (broad SMARTS) is 1. The molecule has 2 amide bonds. The fraction of sp³-hybridized carbons (Fsp3) is 0.526. The smallest absolute Gasteiger partial charge is 0.307 e. The highest BCUT2D eigenvalue weighted by Crippen LogP contribution is 2.36. The van der Waals surface area contributed by atoms with Crippen LogP contribution in [0.1, 0.15) is 24.8 Å². The first kappa shape index (κ1) is 18.4. The molecule has 2 fully saturated rings. The zero-order valence-electron chi connectivity index (χ0n) is 14.6. The second-order valence-corrected chi connectivity index (χ2v) is 6.99. The molecule has 3 rings (SSSR count). The molecule has 6 nitrogen and oxygen atoms in total. The van der Waals surface area contributed by atoms with Crippen molar-refractivity contribution in [1.82, 2.24) is 9.80 Å². The van der Waals surface area contributed by atoms with Gasteiger partial charge in [-0.15, -0.1) is 0 Å². The van der Waals surface area contributed by atoms with E-state index in [1.165, 1.54) is 12.1 Å². The van der Waals surface area contributed by atoms with Crippen LogP contribution in [0.4, 0.5) is 4.39 Å². The Kier molecular flexibility index (Phi) is 5.54. The van der Waals surface area contributed by atoms with Gasteiger partial charge in [0.2, 0.25) is 11.8 Å². The minimum atomic E-state index is -0.906. The molecule has 1 N–H and O–H groups in total. The Morgan fingerprint density at radius 1 is 1.04 bits per heavy atom. The molecule has 1 heterocycles. The van der Waals surface area contributed by atoms with Gasteiger partial charge in [-0.3, -0.25) is 14.4 Å². The number of rotatable bonds is 4. The van der Waals surface area contributed by atoms with Gasteiger partial charge in [0.05, 0.1) is 18.3 Å². The monoisotopic (exact) mass is 362 g/mol. The molecular formula is C19H23FN2O4. The Bertz CT molecular complexity index is 709. The Hall–Kier alpha value is -2.44. The second kappa shape index (κ2) is 7.85. The van der Waals surface area contributed by atoms with Crippen molar-refractivity contribution < 1.29 is 23.9 Å². The maximum atomic E-state index is 13.3. The van der Waals surface area contributed by atoms with Crippen LogP contribution in [0.5, 0.6) is 0 Å². The van der Waals surface area contributed by atoms with E-state index in [2.05, 4.69) is 0 Å². The van der Waals surface area contributed by atoms with Crippen LogP contribution in [0, 0.1) is 17.7 Å². The summed E-state index contributed by atoms with van der Waals surface area (Å²) in [6.07, 6.45) is 1.97. The molecule has 0 bridgehead atoms. The van der Waals surface area contributed by atoms with E-state index in [9.17, 15) is 18.8 Å². The van der Waals surface area contributed by atoms with E-state index >= 15 is 0 Å². The van der Waals surface area contributed by atoms with Crippen molar-refractivity contribution >= 4 is 17.8 Å². The molecule has 1 aliphatic carbocycles. The van der Waals surface area contributed by atoms with Gasteiger partial charge in [-0.25, -0.2) is 4.39 Å². The zero-order valence-corrected chi connectivity index (χ0v) is 14.6. The van der Waals surface area contributed by atoms with Gasteiger partial charge in [0, 0.05) is 26.2 Å². The Morgan fingerprint density at radius 2 is 1.73 bits per heavy atom. The van der Waals surface area contributed by atoms with Crippen LogP contribution in [0.2, 0.25) is 0 Å². The minimum absolute atomic E-state index is 0.0862. The van der Waals surface area contributed by atoms with Crippen molar-refractivity contribution in [2.75, 3.05) is 26.2 Å². The number of nitrogens with zero attached hydrogens (tertiary/aromatic N) is 2. The van der Waals surface area contributed by atoms with Gasteiger partial charge < -0.3 is 14.9 Å². The average molecular weight is 362 g/mol. The van der Waals surface area contributed by atoms with Crippen molar-refractivity contribution in [2.45, 2.75) is 25.7 Å². The maximum Gasteiger partial charge on any atom is 0.307 e. The van der Waals surface area contributed by atoms with Crippen molar-refractivity contribution in [2.24, 2.45) is 11.8 Å². The third-order valence-corrected chi connectivity index (χ3v) is 5.31. The average Bonchev–Trinajstić information content (AvgIpc) is 2.79. The summed E-state index contributed by atoms with van der Waals surface area (Å²) in [6, 6.07) is 6.00. The van der Waals surface area contributed by atoms with Crippen LogP contribution in [-0.2, 0) is 20.8 Å². The Labute approximate surface area is 151 Å². The number of aliphatic carboxylic acids is 1. The van der Waals surface area contributed by atoms with E-state index in [1.807, 2.05) is 0 Å². The van der Waals surface area contributed by atoms with E-state index in [0.29, 0.717) is 51.0 Å². The standard InChI is InChI=1S/C19H23FN2O4/c20-14-4-1-3-13(11-14)12-17(23)21-7-2-8-22(10-9-21)18(24)15-5-6-16(15)19(25)26/h1,3-4,11,15-16H,2,5-10,12H2,(H,25,26). The number of hydrogen-bond donors (Lipinski definition) is 1. The molecule has 2 aliphatic rings. The predicted octanol–water partition coefficient (Wildman–Crippen LogP) is 1.54. The highest BCUT2D eigenvalue weighted by molar-refractivity contribution is 5.86. The number of amides is 2. The van der Waals surface area contributed by atoms with Gasteiger partial charge in [-0.05, 0) is 37.0 Å². The summed E-state index contributed by atoms with van der Waals surface area (Å²) in [5.74, 6) is -2.47. The topological polar surface area (TPSA) is 77.9 Å². The molecule has 26 heavy (non-hydrogen) atoms. The summed E-state index contributed by atoms with van der Waals surface area (Å²) in [5, 5.41) is 9.13. The number of benzene rings is 1. The third kappa shape index (κ3) is 4.03. The first-order valence-corrected chi connectivity index (χ1v) is 8.99. The molecule has 1 saturated heterocycles. The van der Waals surface area contributed by atoms with E-state index in [-0.39, 0.29) is 24.1 Å². The summed E-state index contributed by atoms with van der Waals surface area (Å²) in [6.45, 7) is 1.91. The van der Waals surface area contributed by atoms with Crippen LogP contribution in [0.15, 0.2) is 24.3 Å². The van der Waals surface area contributed by atoms with E-state index in [4.69, 9.17) is 5.11 Å². The molecule has 2 atom stereocenters. The minimum Gasteiger partial charge on any atom is -0.481 e. The first-order valence-electron chi connectivity index (χ1n) is 8.99.